The van der Waals surface area contributed by atoms with Crippen LogP contribution in [0.2, 0.25) is 0 Å². The Balaban J connectivity index is 1.39. The summed E-state index contributed by atoms with van der Waals surface area (Å²) in [5.74, 6) is -0.500. The van der Waals surface area contributed by atoms with E-state index in [1.165, 1.54) is 28.1 Å². The van der Waals surface area contributed by atoms with E-state index < -0.39 is 15.8 Å². The van der Waals surface area contributed by atoms with Gasteiger partial charge in [-0.25, -0.2) is 12.8 Å². The number of hydrogen-bond donors (Lipinski definition) is 1. The number of hydrogen-bond acceptors (Lipinski definition) is 3. The van der Waals surface area contributed by atoms with Crippen LogP contribution in [0.25, 0.3) is 0 Å². The molecule has 0 unspecified atom stereocenters. The van der Waals surface area contributed by atoms with E-state index in [0.29, 0.717) is 32.7 Å². The van der Waals surface area contributed by atoms with Gasteiger partial charge >= 0.3 is 0 Å². The number of carbonyl (C=O) groups is 1. The Kier molecular flexibility index (Phi) is 5.42. The minimum absolute atomic E-state index is 0.0282. The summed E-state index contributed by atoms with van der Waals surface area (Å²) in [6.45, 7) is 4.11. The zero-order chi connectivity index (χ0) is 20.6. The van der Waals surface area contributed by atoms with Crippen molar-refractivity contribution in [1.82, 2.24) is 4.31 Å². The normalized spacial score (nSPS) is 20.6. The van der Waals surface area contributed by atoms with E-state index >= 15 is 0 Å². The lowest BCUT2D eigenvalue weighted by molar-refractivity contribution is -0.895. The van der Waals surface area contributed by atoms with Crippen LogP contribution in [0.3, 0.4) is 0 Å². The molecule has 1 amide bonds. The number of para-hydroxylation sites is 1. The molecule has 0 bridgehead atoms. The summed E-state index contributed by atoms with van der Waals surface area (Å²) >= 11 is 0. The van der Waals surface area contributed by atoms with Gasteiger partial charge < -0.3 is 9.80 Å². The fourth-order valence-electron chi connectivity index (χ4n) is 4.24. The van der Waals surface area contributed by atoms with Crippen LogP contribution < -0.4 is 9.80 Å². The fourth-order valence-corrected chi connectivity index (χ4v) is 5.71. The molecule has 2 aromatic carbocycles. The van der Waals surface area contributed by atoms with Gasteiger partial charge in [-0.05, 0) is 43.2 Å². The number of nitrogens with zero attached hydrogens (tertiary/aromatic N) is 2. The Morgan fingerprint density at radius 2 is 1.86 bits per heavy atom. The molecule has 8 heteroatoms. The van der Waals surface area contributed by atoms with Crippen molar-refractivity contribution < 1.29 is 22.5 Å². The number of fused-ring (bicyclic) bond motifs is 1. The third-order valence-corrected chi connectivity index (χ3v) is 7.64. The van der Waals surface area contributed by atoms with Crippen LogP contribution >= 0.6 is 0 Å². The minimum atomic E-state index is -3.72. The Labute approximate surface area is 170 Å². The average molecular weight is 419 g/mol. The van der Waals surface area contributed by atoms with Crippen LogP contribution in [-0.2, 0) is 21.2 Å². The van der Waals surface area contributed by atoms with Crippen LogP contribution in [0.15, 0.2) is 53.4 Å². The molecule has 4 rings (SSSR count). The lowest BCUT2D eigenvalue weighted by Crippen LogP contribution is -3.15. The molecule has 2 heterocycles. The second-order valence-electron chi connectivity index (χ2n) is 7.73. The van der Waals surface area contributed by atoms with Crippen molar-refractivity contribution in [3.8, 4) is 0 Å². The average Bonchev–Trinajstić information content (AvgIpc) is 3.04. The van der Waals surface area contributed by atoms with Crippen molar-refractivity contribution in [2.24, 2.45) is 0 Å². The number of quaternary nitrogens is 1. The highest BCUT2D eigenvalue weighted by atomic mass is 32.2. The molecule has 0 saturated carbocycles. The second kappa shape index (κ2) is 7.85. The van der Waals surface area contributed by atoms with E-state index in [0.717, 1.165) is 23.1 Å². The van der Waals surface area contributed by atoms with Gasteiger partial charge in [0, 0.05) is 11.7 Å². The number of piperazine rings is 1. The summed E-state index contributed by atoms with van der Waals surface area (Å²) in [5.41, 5.74) is 2.17. The van der Waals surface area contributed by atoms with E-state index in [4.69, 9.17) is 0 Å². The summed E-state index contributed by atoms with van der Waals surface area (Å²) in [5, 5.41) is 0. The highest BCUT2D eigenvalue weighted by Gasteiger charge is 2.35. The number of anilines is 1. The van der Waals surface area contributed by atoms with Crippen LogP contribution in [0.1, 0.15) is 12.5 Å². The number of nitrogens with one attached hydrogen (secondary N) is 1. The first-order valence-corrected chi connectivity index (χ1v) is 11.3. The minimum Gasteiger partial charge on any atom is -0.325 e. The van der Waals surface area contributed by atoms with Gasteiger partial charge in [-0.1, -0.05) is 24.3 Å². The monoisotopic (exact) mass is 418 g/mol. The number of rotatable bonds is 4. The predicted octanol–water partition coefficient (Wildman–Crippen LogP) is 0.693. The van der Waals surface area contributed by atoms with Gasteiger partial charge in [-0.2, -0.15) is 4.31 Å². The van der Waals surface area contributed by atoms with Gasteiger partial charge in [0.15, 0.2) is 6.54 Å². The Morgan fingerprint density at radius 1 is 1.14 bits per heavy atom. The van der Waals surface area contributed by atoms with E-state index in [9.17, 15) is 17.6 Å². The third-order valence-electron chi connectivity index (χ3n) is 5.74. The van der Waals surface area contributed by atoms with Crippen molar-refractivity contribution in [1.29, 1.82) is 0 Å². The molecule has 29 heavy (non-hydrogen) atoms. The van der Waals surface area contributed by atoms with Crippen molar-refractivity contribution >= 4 is 21.6 Å². The fraction of sp³-hybridized carbons (Fsp3) is 0.381. The van der Waals surface area contributed by atoms with E-state index in [1.54, 1.807) is 0 Å². The van der Waals surface area contributed by atoms with Crippen LogP contribution in [0.4, 0.5) is 10.1 Å². The largest absolute Gasteiger partial charge is 0.325 e. The number of carbonyl (C=O) groups excluding carboxylic acids is 1. The molecule has 0 aliphatic carbocycles. The zero-order valence-corrected chi connectivity index (χ0v) is 17.2. The molecule has 6 nitrogen and oxygen atoms in total. The second-order valence-corrected chi connectivity index (χ2v) is 9.67. The van der Waals surface area contributed by atoms with E-state index in [2.05, 4.69) is 13.0 Å². The molecular weight excluding hydrogens is 393 g/mol. The van der Waals surface area contributed by atoms with Gasteiger partial charge in [-0.3, -0.25) is 4.79 Å². The van der Waals surface area contributed by atoms with Crippen molar-refractivity contribution in [3.63, 3.8) is 0 Å². The molecule has 154 valence electrons. The Morgan fingerprint density at radius 3 is 2.59 bits per heavy atom. The van der Waals surface area contributed by atoms with Gasteiger partial charge in [-0.15, -0.1) is 0 Å². The van der Waals surface area contributed by atoms with Gasteiger partial charge in [0.2, 0.25) is 10.0 Å². The van der Waals surface area contributed by atoms with Crippen molar-refractivity contribution in [2.75, 3.05) is 37.6 Å². The maximum atomic E-state index is 13.4. The molecular formula is C21H25FN3O3S+. The topological polar surface area (TPSA) is 62.1 Å². The predicted molar refractivity (Wildman–Crippen MR) is 108 cm³/mol. The number of halogens is 1. The first-order chi connectivity index (χ1) is 13.9. The smallest absolute Gasteiger partial charge is 0.282 e. The summed E-state index contributed by atoms with van der Waals surface area (Å²) < 4.78 is 40.3. The van der Waals surface area contributed by atoms with Gasteiger partial charge in [0.1, 0.15) is 5.82 Å². The molecule has 1 atom stereocenters. The van der Waals surface area contributed by atoms with Crippen molar-refractivity contribution in [2.45, 2.75) is 24.3 Å². The SMILES string of the molecule is C[C@H]1Cc2ccccc2N1C(=O)C[NH+]1CCN(S(=O)(=O)c2cccc(F)c2)CC1. The van der Waals surface area contributed by atoms with E-state index in [1.807, 2.05) is 23.1 Å². The summed E-state index contributed by atoms with van der Waals surface area (Å²) in [6.07, 6.45) is 0.858. The lowest BCUT2D eigenvalue weighted by Gasteiger charge is -2.32. The summed E-state index contributed by atoms with van der Waals surface area (Å²) in [7, 11) is -3.72. The molecule has 2 aliphatic rings. The molecule has 0 aromatic heterocycles. The molecule has 1 fully saturated rings. The maximum absolute atomic E-state index is 13.4. The number of benzene rings is 2. The van der Waals surface area contributed by atoms with Crippen LogP contribution in [0.5, 0.6) is 0 Å². The molecule has 0 radical (unpaired) electrons. The third kappa shape index (κ3) is 3.92. The first-order valence-electron chi connectivity index (χ1n) is 9.85. The molecule has 1 saturated heterocycles. The zero-order valence-electron chi connectivity index (χ0n) is 16.3. The molecule has 2 aromatic rings. The highest BCUT2D eigenvalue weighted by Crippen LogP contribution is 2.31. The molecule has 2 aliphatic heterocycles. The quantitative estimate of drug-likeness (QED) is 0.795. The standard InChI is InChI=1S/C21H24FN3O3S/c1-16-13-17-5-2-3-8-20(17)25(16)21(26)15-23-9-11-24(12-10-23)29(27,28)19-7-4-6-18(22)14-19/h2-8,14,16H,9-13,15H2,1H3/p+1/t16-/m0/s1. The first kappa shape index (κ1) is 20.0. The van der Waals surface area contributed by atoms with Crippen molar-refractivity contribution in [3.05, 3.63) is 59.9 Å². The summed E-state index contributed by atoms with van der Waals surface area (Å²) in [4.78, 5) is 15.9. The van der Waals surface area contributed by atoms with Gasteiger partial charge in [0.05, 0.1) is 31.1 Å². The number of sulfonamides is 1. The van der Waals surface area contributed by atoms with Crippen LogP contribution in [-0.4, -0.2) is 57.4 Å². The maximum Gasteiger partial charge on any atom is 0.282 e. The molecule has 1 N–H and O–H groups in total. The Bertz CT molecular complexity index is 1020. The van der Waals surface area contributed by atoms with Gasteiger partial charge in [0.25, 0.3) is 5.91 Å². The van der Waals surface area contributed by atoms with E-state index in [-0.39, 0.29) is 16.8 Å². The summed E-state index contributed by atoms with van der Waals surface area (Å²) in [6, 6.07) is 13.2. The molecule has 0 spiro atoms. The van der Waals surface area contributed by atoms with Crippen LogP contribution in [0, 0.1) is 5.82 Å². The lowest BCUT2D eigenvalue weighted by atomic mass is 10.1. The Hall–Kier alpha value is -2.29. The highest BCUT2D eigenvalue weighted by molar-refractivity contribution is 7.89. The number of amides is 1.